The zero-order valence-corrected chi connectivity index (χ0v) is 46.8. The van der Waals surface area contributed by atoms with Crippen molar-refractivity contribution in [3.05, 3.63) is 170 Å². The van der Waals surface area contributed by atoms with Crippen LogP contribution in [-0.2, 0) is 24.2 Å². The van der Waals surface area contributed by atoms with Gasteiger partial charge in [-0.05, 0) is 136 Å². The Kier molecular flexibility index (Phi) is 20.0. The minimum Gasteiger partial charge on any atom is -0.356 e. The molecule has 0 aliphatic carbocycles. The van der Waals surface area contributed by atoms with E-state index in [0.717, 1.165) is 47.6 Å². The summed E-state index contributed by atoms with van der Waals surface area (Å²) in [6, 6.07) is 24.2. The number of anilines is 3. The van der Waals surface area contributed by atoms with Crippen LogP contribution in [-0.4, -0.2) is 106 Å². The Hall–Kier alpha value is -7.90. The Morgan fingerprint density at radius 2 is 1.04 bits per heavy atom. The first-order chi connectivity index (χ1) is 38.0. The molecule has 2 aromatic carbocycles. The fourth-order valence-electron chi connectivity index (χ4n) is 9.57. The van der Waals surface area contributed by atoms with Gasteiger partial charge in [0.15, 0.2) is 11.3 Å². The van der Waals surface area contributed by atoms with Gasteiger partial charge in [0.05, 0.1) is 33.6 Å². The average Bonchev–Trinajstić information content (AvgIpc) is 3.46. The number of aromatic nitrogens is 4. The van der Waals surface area contributed by atoms with Crippen LogP contribution in [0.1, 0.15) is 139 Å². The maximum Gasteiger partial charge on any atom is 0.257 e. The second kappa shape index (κ2) is 26.8. The summed E-state index contributed by atoms with van der Waals surface area (Å²) in [5.41, 5.74) is 4.29. The van der Waals surface area contributed by atoms with Crippen molar-refractivity contribution in [1.82, 2.24) is 35.1 Å². The molecule has 4 aliphatic heterocycles. The van der Waals surface area contributed by atoms with Gasteiger partial charge in [-0.1, -0.05) is 37.6 Å². The topological polar surface area (TPSA) is 213 Å². The molecule has 0 saturated carbocycles. The highest BCUT2D eigenvalue weighted by molar-refractivity contribution is 6.29. The molecule has 6 aromatic rings. The van der Waals surface area contributed by atoms with Gasteiger partial charge in [0.1, 0.15) is 23.1 Å². The zero-order valence-electron chi connectivity index (χ0n) is 45.3. The Balaban J connectivity index is 0.000000214. The predicted octanol–water partition coefficient (Wildman–Crippen LogP) is 10.4. The maximum absolute atomic E-state index is 15.7. The monoisotopic (exact) mass is 1120 g/mol. The van der Waals surface area contributed by atoms with Crippen LogP contribution in [0.4, 0.5) is 26.0 Å². The van der Waals surface area contributed by atoms with Crippen molar-refractivity contribution in [2.24, 2.45) is 0 Å². The van der Waals surface area contributed by atoms with Crippen molar-refractivity contribution in [3.63, 3.8) is 0 Å². The molecule has 0 unspecified atom stereocenters. The molecule has 80 heavy (non-hydrogen) atoms. The Labute approximate surface area is 476 Å². The van der Waals surface area contributed by atoms with Gasteiger partial charge in [0.25, 0.3) is 23.6 Å². The minimum absolute atomic E-state index is 0. The number of carbonyl (C=O) groups is 4. The van der Waals surface area contributed by atoms with Crippen LogP contribution in [0.25, 0.3) is 0 Å². The van der Waals surface area contributed by atoms with Crippen LogP contribution < -0.4 is 20.9 Å². The van der Waals surface area contributed by atoms with Crippen molar-refractivity contribution < 1.29 is 28.0 Å². The molecular weight excluding hydrogens is 1060 g/mol. The maximum atomic E-state index is 15.7. The van der Waals surface area contributed by atoms with E-state index in [-0.39, 0.29) is 104 Å². The number of amides is 4. The van der Waals surface area contributed by atoms with Crippen LogP contribution >= 0.6 is 24.0 Å². The highest BCUT2D eigenvalue weighted by Gasteiger charge is 2.41. The van der Waals surface area contributed by atoms with Crippen molar-refractivity contribution >= 4 is 64.8 Å². The van der Waals surface area contributed by atoms with Gasteiger partial charge in [-0.2, -0.15) is 10.5 Å². The second-order valence-electron chi connectivity index (χ2n) is 20.1. The lowest BCUT2D eigenvalue weighted by Crippen LogP contribution is -2.43. The van der Waals surface area contributed by atoms with E-state index in [4.69, 9.17) is 22.1 Å². The van der Waals surface area contributed by atoms with Crippen molar-refractivity contribution in [2.75, 3.05) is 67.9 Å². The first kappa shape index (κ1) is 59.8. The van der Waals surface area contributed by atoms with E-state index in [1.165, 1.54) is 50.2 Å². The molecular formula is C60H64Cl2F2N12O4. The zero-order chi connectivity index (χ0) is 56.3. The van der Waals surface area contributed by atoms with Crippen LogP contribution in [0.2, 0.25) is 5.15 Å². The van der Waals surface area contributed by atoms with E-state index in [1.54, 1.807) is 58.5 Å². The quantitative estimate of drug-likeness (QED) is 0.103. The molecule has 4 fully saturated rings. The van der Waals surface area contributed by atoms with Crippen molar-refractivity contribution in [2.45, 2.75) is 90.4 Å². The number of likely N-dealkylation sites (tertiary alicyclic amines) is 2. The summed E-state index contributed by atoms with van der Waals surface area (Å²) in [7, 11) is 0. The number of alkyl halides is 2. The van der Waals surface area contributed by atoms with Crippen LogP contribution in [0.15, 0.2) is 97.6 Å². The summed E-state index contributed by atoms with van der Waals surface area (Å²) in [6.07, 6.45) is 10.0. The molecule has 10 rings (SSSR count). The highest BCUT2D eigenvalue weighted by Crippen LogP contribution is 2.38. The number of hydrogen-bond donors (Lipinski definition) is 3. The normalized spacial score (nSPS) is 15.7. The molecule has 0 radical (unpaired) electrons. The molecule has 8 heterocycles. The number of carbonyl (C=O) groups excluding carboxylic acids is 4. The van der Waals surface area contributed by atoms with Crippen molar-refractivity contribution in [3.8, 4) is 12.1 Å². The number of aryl methyl sites for hydroxylation is 4. The van der Waals surface area contributed by atoms with E-state index in [9.17, 15) is 19.2 Å². The summed E-state index contributed by atoms with van der Waals surface area (Å²) in [5.74, 6) is -0.185. The smallest absolute Gasteiger partial charge is 0.257 e. The third-order valence-corrected chi connectivity index (χ3v) is 15.1. The minimum atomic E-state index is -1.66. The molecule has 4 aliphatic rings. The standard InChI is InChI=1S/C30H31FN6O2.C27H25ClFN5O2.C3H7N.ClH/c1-3-22-15-20(2)24(16-25(22)35-28(38)23-6-8-27(34-19-23)36-11-4-12-36)29(39)37-13-9-30(31,10-14-37)26-7-5-21(17-32)18-33-26;1-3-19-12-17(2)21(13-22(19)33-25(35)20-5-7-24(28)32-16-20)26(36)34-10-8-27(29,9-11-34)23-6-4-18(14-30)15-31-23;1-2-4-3-1;/h5-8,15-16,18-19H,3-4,9-14H2,1-2H3,(H,35,38);4-7,12-13,15-16H,3,8-11H2,1-2H3,(H,33,35);4H,1-3H2;1H. The predicted molar refractivity (Wildman–Crippen MR) is 306 cm³/mol. The fraction of sp³-hybridized carbons (Fsp3) is 0.367. The first-order valence-corrected chi connectivity index (χ1v) is 27.1. The number of nitrogens with zero attached hydrogens (tertiary/aromatic N) is 9. The highest BCUT2D eigenvalue weighted by atomic mass is 35.5. The molecule has 20 heteroatoms. The lowest BCUT2D eigenvalue weighted by Gasteiger charge is -2.36. The van der Waals surface area contributed by atoms with E-state index >= 15 is 8.78 Å². The van der Waals surface area contributed by atoms with Crippen LogP contribution in [0, 0.1) is 36.5 Å². The number of nitriles is 2. The molecule has 4 aromatic heterocycles. The summed E-state index contributed by atoms with van der Waals surface area (Å²) < 4.78 is 31.3. The summed E-state index contributed by atoms with van der Waals surface area (Å²) in [6.45, 7) is 13.1. The molecule has 4 amide bonds. The Morgan fingerprint density at radius 1 is 0.613 bits per heavy atom. The van der Waals surface area contributed by atoms with Crippen molar-refractivity contribution in [1.29, 1.82) is 10.5 Å². The molecule has 3 N–H and O–H groups in total. The first-order valence-electron chi connectivity index (χ1n) is 26.7. The SMILES string of the molecule is C1CNC1.CCc1cc(C)c(C(=O)N2CCC(F)(c3ccc(C#N)cn3)CC2)cc1NC(=O)c1ccc(Cl)nc1.CCc1cc(C)c(C(=O)N2CCC(F)(c3ccc(C#N)cn3)CC2)cc1NC(=O)c1ccc(N2CCC2)nc1.Cl. The van der Waals surface area contributed by atoms with E-state index < -0.39 is 11.3 Å². The largest absolute Gasteiger partial charge is 0.356 e. The number of hydrogen-bond acceptors (Lipinski definition) is 12. The number of nitrogens with one attached hydrogen (secondary N) is 3. The summed E-state index contributed by atoms with van der Waals surface area (Å²) in [5, 5.41) is 27.2. The van der Waals surface area contributed by atoms with E-state index in [2.05, 4.69) is 40.8 Å². The Bertz CT molecular complexity index is 3250. The van der Waals surface area contributed by atoms with Gasteiger partial charge in [0.2, 0.25) is 0 Å². The fourth-order valence-corrected chi connectivity index (χ4v) is 9.69. The van der Waals surface area contributed by atoms with Gasteiger partial charge in [-0.25, -0.2) is 18.7 Å². The number of benzene rings is 2. The molecule has 4 saturated heterocycles. The van der Waals surface area contributed by atoms with Gasteiger partial charge >= 0.3 is 0 Å². The lowest BCUT2D eigenvalue weighted by atomic mass is 9.89. The molecule has 0 atom stereocenters. The summed E-state index contributed by atoms with van der Waals surface area (Å²) in [4.78, 5) is 74.8. The van der Waals surface area contributed by atoms with Gasteiger partial charge in [-0.15, -0.1) is 12.4 Å². The van der Waals surface area contributed by atoms with Crippen LogP contribution in [0.3, 0.4) is 0 Å². The van der Waals surface area contributed by atoms with Gasteiger partial charge < -0.3 is 30.7 Å². The third-order valence-electron chi connectivity index (χ3n) is 14.9. The number of pyridine rings is 4. The lowest BCUT2D eigenvalue weighted by molar-refractivity contribution is 0.0393. The van der Waals surface area contributed by atoms with Crippen LogP contribution in [0.5, 0.6) is 0 Å². The van der Waals surface area contributed by atoms with Gasteiger partial charge in [-0.3, -0.25) is 29.1 Å². The third kappa shape index (κ3) is 14.1. The number of rotatable bonds is 11. The number of halogens is 4. The van der Waals surface area contributed by atoms with E-state index in [0.29, 0.717) is 57.6 Å². The molecule has 0 bridgehead atoms. The van der Waals surface area contributed by atoms with Gasteiger partial charge in [0, 0.05) is 112 Å². The second-order valence-corrected chi connectivity index (χ2v) is 20.5. The molecule has 416 valence electrons. The van der Waals surface area contributed by atoms with E-state index in [1.807, 2.05) is 58.0 Å². The Morgan fingerprint density at radius 3 is 1.35 bits per heavy atom. The molecule has 16 nitrogen and oxygen atoms in total. The average molecular weight is 1130 g/mol. The number of piperidine rings is 2. The molecule has 0 spiro atoms. The summed E-state index contributed by atoms with van der Waals surface area (Å²) >= 11 is 5.81.